The van der Waals surface area contributed by atoms with Crippen LogP contribution in [-0.2, 0) is 4.74 Å². The minimum atomic E-state index is 0.400. The lowest BCUT2D eigenvalue weighted by Crippen LogP contribution is -2.37. The zero-order chi connectivity index (χ0) is 13.3. The summed E-state index contributed by atoms with van der Waals surface area (Å²) in [5.74, 6) is 0.917. The molecule has 2 unspecified atom stereocenters. The van der Waals surface area contributed by atoms with E-state index < -0.39 is 0 Å². The molecule has 1 saturated carbocycles. The number of nitrogens with one attached hydrogen (secondary N) is 1. The minimum Gasteiger partial charge on any atom is -0.491 e. The summed E-state index contributed by atoms with van der Waals surface area (Å²) in [7, 11) is 0. The number of ether oxygens (including phenoxy) is 2. The van der Waals surface area contributed by atoms with Gasteiger partial charge in [-0.1, -0.05) is 25.1 Å². The van der Waals surface area contributed by atoms with Crippen LogP contribution in [0.5, 0.6) is 5.75 Å². The first-order valence-electron chi connectivity index (χ1n) is 7.41. The van der Waals surface area contributed by atoms with Crippen molar-refractivity contribution in [2.45, 2.75) is 44.8 Å². The number of hydrogen-bond acceptors (Lipinski definition) is 3. The highest BCUT2D eigenvalue weighted by Crippen LogP contribution is 2.21. The van der Waals surface area contributed by atoms with Gasteiger partial charge in [0.15, 0.2) is 0 Å². The van der Waals surface area contributed by atoms with Gasteiger partial charge in [-0.25, -0.2) is 0 Å². The van der Waals surface area contributed by atoms with Crippen molar-refractivity contribution >= 4 is 0 Å². The Kier molecular flexibility index (Phi) is 6.18. The standard InChI is InChI=1S/C16H25NO2/c1-2-17-14-7-6-10-16(13-14)19-12-11-18-15-8-4-3-5-9-15/h3-5,8-9,14,16-17H,2,6-7,10-13H2,1H3. The molecule has 106 valence electrons. The third kappa shape index (κ3) is 5.21. The van der Waals surface area contributed by atoms with Gasteiger partial charge in [0.2, 0.25) is 0 Å². The van der Waals surface area contributed by atoms with Gasteiger partial charge in [0.1, 0.15) is 12.4 Å². The Hall–Kier alpha value is -1.06. The Labute approximate surface area is 116 Å². The van der Waals surface area contributed by atoms with E-state index in [1.807, 2.05) is 30.3 Å². The number of hydrogen-bond donors (Lipinski definition) is 1. The first kappa shape index (κ1) is 14.4. The van der Waals surface area contributed by atoms with E-state index in [-0.39, 0.29) is 0 Å². The summed E-state index contributed by atoms with van der Waals surface area (Å²) >= 11 is 0. The summed E-state index contributed by atoms with van der Waals surface area (Å²) in [6.07, 6.45) is 5.28. The molecule has 0 aliphatic heterocycles. The van der Waals surface area contributed by atoms with Crippen molar-refractivity contribution in [1.29, 1.82) is 0 Å². The van der Waals surface area contributed by atoms with Crippen LogP contribution in [-0.4, -0.2) is 31.9 Å². The number of para-hydroxylation sites is 1. The molecule has 19 heavy (non-hydrogen) atoms. The summed E-state index contributed by atoms with van der Waals surface area (Å²) in [5.41, 5.74) is 0. The van der Waals surface area contributed by atoms with Gasteiger partial charge in [-0.05, 0) is 44.4 Å². The highest BCUT2D eigenvalue weighted by molar-refractivity contribution is 5.20. The second kappa shape index (κ2) is 8.18. The molecule has 0 saturated heterocycles. The van der Waals surface area contributed by atoms with Gasteiger partial charge in [-0.3, -0.25) is 0 Å². The van der Waals surface area contributed by atoms with Gasteiger partial charge in [-0.15, -0.1) is 0 Å². The van der Waals surface area contributed by atoms with E-state index in [1.54, 1.807) is 0 Å². The van der Waals surface area contributed by atoms with Crippen molar-refractivity contribution < 1.29 is 9.47 Å². The summed E-state index contributed by atoms with van der Waals surface area (Å²) in [4.78, 5) is 0. The lowest BCUT2D eigenvalue weighted by molar-refractivity contribution is 0.00563. The first-order chi connectivity index (χ1) is 9.38. The summed E-state index contributed by atoms with van der Waals surface area (Å²) in [6.45, 7) is 4.53. The van der Waals surface area contributed by atoms with E-state index in [2.05, 4.69) is 12.2 Å². The van der Waals surface area contributed by atoms with Gasteiger partial charge in [0.25, 0.3) is 0 Å². The van der Waals surface area contributed by atoms with Gasteiger partial charge >= 0.3 is 0 Å². The Morgan fingerprint density at radius 1 is 1.16 bits per heavy atom. The molecule has 0 amide bonds. The van der Waals surface area contributed by atoms with Crippen LogP contribution in [0.2, 0.25) is 0 Å². The van der Waals surface area contributed by atoms with Crippen LogP contribution >= 0.6 is 0 Å². The molecule has 1 aromatic carbocycles. The van der Waals surface area contributed by atoms with Crippen LogP contribution in [0.1, 0.15) is 32.6 Å². The van der Waals surface area contributed by atoms with Crippen molar-refractivity contribution in [3.8, 4) is 5.75 Å². The second-order valence-corrected chi connectivity index (χ2v) is 5.08. The van der Waals surface area contributed by atoms with Gasteiger partial charge in [-0.2, -0.15) is 0 Å². The second-order valence-electron chi connectivity index (χ2n) is 5.08. The van der Waals surface area contributed by atoms with Crippen molar-refractivity contribution in [1.82, 2.24) is 5.32 Å². The predicted molar refractivity (Wildman–Crippen MR) is 77.6 cm³/mol. The molecular weight excluding hydrogens is 238 g/mol. The lowest BCUT2D eigenvalue weighted by atomic mass is 9.93. The SMILES string of the molecule is CCNC1CCCC(OCCOc2ccccc2)C1. The molecule has 0 spiro atoms. The molecule has 0 bridgehead atoms. The topological polar surface area (TPSA) is 30.5 Å². The Morgan fingerprint density at radius 3 is 2.79 bits per heavy atom. The van der Waals surface area contributed by atoms with Crippen LogP contribution in [0.4, 0.5) is 0 Å². The highest BCUT2D eigenvalue weighted by Gasteiger charge is 2.21. The molecule has 0 radical (unpaired) electrons. The molecule has 1 aliphatic carbocycles. The molecule has 1 aromatic rings. The number of benzene rings is 1. The molecule has 0 aromatic heterocycles. The molecule has 2 atom stereocenters. The maximum Gasteiger partial charge on any atom is 0.119 e. The Morgan fingerprint density at radius 2 is 2.00 bits per heavy atom. The zero-order valence-corrected chi connectivity index (χ0v) is 11.8. The maximum absolute atomic E-state index is 5.92. The third-order valence-electron chi connectivity index (χ3n) is 3.57. The van der Waals surface area contributed by atoms with E-state index in [1.165, 1.54) is 19.3 Å². The molecule has 1 aliphatic rings. The molecule has 2 rings (SSSR count). The molecule has 1 fully saturated rings. The minimum absolute atomic E-state index is 0.400. The normalized spacial score (nSPS) is 23.2. The Bertz CT molecular complexity index is 340. The fourth-order valence-electron chi connectivity index (χ4n) is 2.66. The maximum atomic E-state index is 5.92. The van der Waals surface area contributed by atoms with Gasteiger partial charge < -0.3 is 14.8 Å². The monoisotopic (exact) mass is 263 g/mol. The van der Waals surface area contributed by atoms with Crippen molar-refractivity contribution in [3.05, 3.63) is 30.3 Å². The van der Waals surface area contributed by atoms with E-state index in [4.69, 9.17) is 9.47 Å². The molecule has 3 heteroatoms. The Balaban J connectivity index is 1.60. The van der Waals surface area contributed by atoms with Crippen LogP contribution in [0.3, 0.4) is 0 Å². The molecule has 1 N–H and O–H groups in total. The van der Waals surface area contributed by atoms with E-state index in [0.717, 1.165) is 18.7 Å². The smallest absolute Gasteiger partial charge is 0.119 e. The van der Waals surface area contributed by atoms with Crippen molar-refractivity contribution in [3.63, 3.8) is 0 Å². The summed E-state index contributed by atoms with van der Waals surface area (Å²) in [6, 6.07) is 10.5. The van der Waals surface area contributed by atoms with E-state index in [0.29, 0.717) is 25.4 Å². The zero-order valence-electron chi connectivity index (χ0n) is 11.8. The fraction of sp³-hybridized carbons (Fsp3) is 0.625. The summed E-state index contributed by atoms with van der Waals surface area (Å²) in [5, 5.41) is 3.52. The highest BCUT2D eigenvalue weighted by atomic mass is 16.5. The quantitative estimate of drug-likeness (QED) is 0.767. The van der Waals surface area contributed by atoms with Crippen LogP contribution in [0, 0.1) is 0 Å². The summed E-state index contributed by atoms with van der Waals surface area (Å²) < 4.78 is 11.5. The van der Waals surface area contributed by atoms with Crippen LogP contribution < -0.4 is 10.1 Å². The van der Waals surface area contributed by atoms with Gasteiger partial charge in [0, 0.05) is 6.04 Å². The third-order valence-corrected chi connectivity index (χ3v) is 3.57. The molecular formula is C16H25NO2. The van der Waals surface area contributed by atoms with Crippen LogP contribution in [0.25, 0.3) is 0 Å². The lowest BCUT2D eigenvalue weighted by Gasteiger charge is -2.29. The fourth-order valence-corrected chi connectivity index (χ4v) is 2.66. The first-order valence-corrected chi connectivity index (χ1v) is 7.41. The predicted octanol–water partition coefficient (Wildman–Crippen LogP) is 3.00. The van der Waals surface area contributed by atoms with Gasteiger partial charge in [0.05, 0.1) is 12.7 Å². The van der Waals surface area contributed by atoms with E-state index >= 15 is 0 Å². The number of rotatable bonds is 7. The molecule has 3 nitrogen and oxygen atoms in total. The van der Waals surface area contributed by atoms with Crippen LogP contribution in [0.15, 0.2) is 30.3 Å². The molecule has 0 heterocycles. The van der Waals surface area contributed by atoms with Crippen molar-refractivity contribution in [2.24, 2.45) is 0 Å². The van der Waals surface area contributed by atoms with Crippen molar-refractivity contribution in [2.75, 3.05) is 19.8 Å². The largest absolute Gasteiger partial charge is 0.491 e. The average molecular weight is 263 g/mol. The van der Waals surface area contributed by atoms with E-state index in [9.17, 15) is 0 Å². The average Bonchev–Trinajstić information content (AvgIpc) is 2.46.